The summed E-state index contributed by atoms with van der Waals surface area (Å²) in [6, 6.07) is 24.3. The van der Waals surface area contributed by atoms with E-state index in [0.29, 0.717) is 17.5 Å². The molecule has 3 aromatic carbocycles. The molecule has 1 amide bonds. The van der Waals surface area contributed by atoms with Gasteiger partial charge in [-0.25, -0.2) is 0 Å². The minimum atomic E-state index is -0.582. The molecular weight excluding hydrogens is 390 g/mol. The predicted molar refractivity (Wildman–Crippen MR) is 118 cm³/mol. The van der Waals surface area contributed by atoms with Crippen molar-refractivity contribution in [1.82, 2.24) is 15.5 Å². The maximum atomic E-state index is 12.7. The van der Waals surface area contributed by atoms with E-state index in [9.17, 15) is 4.79 Å². The Kier molecular flexibility index (Phi) is 6.08. The Labute approximate surface area is 180 Å². The highest BCUT2D eigenvalue weighted by Gasteiger charge is 2.23. The smallest absolute Gasteiger partial charge is 0.258 e. The van der Waals surface area contributed by atoms with Crippen molar-refractivity contribution in [3.63, 3.8) is 0 Å². The minimum absolute atomic E-state index is 0.118. The predicted octanol–water partition coefficient (Wildman–Crippen LogP) is 4.64. The first kappa shape index (κ1) is 20.3. The van der Waals surface area contributed by atoms with Gasteiger partial charge in [0.05, 0.1) is 0 Å². The van der Waals surface area contributed by atoms with E-state index in [0.717, 1.165) is 22.3 Å². The number of ether oxygens (including phenoxy) is 1. The summed E-state index contributed by atoms with van der Waals surface area (Å²) in [5, 5.41) is 11.3. The second kappa shape index (κ2) is 9.26. The molecule has 0 bridgehead atoms. The van der Waals surface area contributed by atoms with Gasteiger partial charge in [-0.3, -0.25) is 4.79 Å². The zero-order valence-corrected chi connectivity index (χ0v) is 17.4. The number of hydrogen-bond donors (Lipinski definition) is 1. The maximum absolute atomic E-state index is 12.7. The van der Waals surface area contributed by atoms with Gasteiger partial charge in [-0.05, 0) is 43.2 Å². The van der Waals surface area contributed by atoms with Crippen molar-refractivity contribution in [2.75, 3.05) is 6.61 Å². The van der Waals surface area contributed by atoms with E-state index in [-0.39, 0.29) is 12.5 Å². The van der Waals surface area contributed by atoms with E-state index in [1.54, 1.807) is 0 Å². The fourth-order valence-corrected chi connectivity index (χ4v) is 3.29. The molecule has 0 aliphatic heterocycles. The van der Waals surface area contributed by atoms with Crippen LogP contribution in [0.4, 0.5) is 0 Å². The number of carbonyl (C=O) groups excluding carboxylic acids is 1. The molecule has 0 radical (unpaired) electrons. The second-order valence-electron chi connectivity index (χ2n) is 7.28. The van der Waals surface area contributed by atoms with E-state index in [2.05, 4.69) is 15.5 Å². The number of amides is 1. The number of nitrogens with zero attached hydrogens (tertiary/aromatic N) is 2. The van der Waals surface area contributed by atoms with Crippen LogP contribution in [0, 0.1) is 13.8 Å². The highest BCUT2D eigenvalue weighted by Crippen LogP contribution is 2.25. The van der Waals surface area contributed by atoms with E-state index in [1.165, 1.54) is 0 Å². The number of benzene rings is 3. The van der Waals surface area contributed by atoms with Crippen molar-refractivity contribution >= 4 is 5.91 Å². The molecule has 4 rings (SSSR count). The normalized spacial score (nSPS) is 11.7. The van der Waals surface area contributed by atoms with Crippen molar-refractivity contribution in [3.8, 4) is 17.2 Å². The lowest BCUT2D eigenvalue weighted by molar-refractivity contribution is -0.123. The fourth-order valence-electron chi connectivity index (χ4n) is 3.29. The first-order valence-corrected chi connectivity index (χ1v) is 10.0. The molecule has 1 aromatic heterocycles. The highest BCUT2D eigenvalue weighted by molar-refractivity contribution is 5.78. The van der Waals surface area contributed by atoms with Crippen LogP contribution < -0.4 is 10.1 Å². The Bertz CT molecular complexity index is 1160. The molecule has 0 saturated carbocycles. The van der Waals surface area contributed by atoms with Crippen LogP contribution in [0.3, 0.4) is 0 Å². The van der Waals surface area contributed by atoms with Crippen LogP contribution in [0.15, 0.2) is 83.3 Å². The van der Waals surface area contributed by atoms with Crippen molar-refractivity contribution in [3.05, 3.63) is 101 Å². The molecule has 1 N–H and O–H groups in total. The lowest BCUT2D eigenvalue weighted by Gasteiger charge is -2.16. The van der Waals surface area contributed by atoms with Gasteiger partial charge in [0.25, 0.3) is 5.91 Å². The summed E-state index contributed by atoms with van der Waals surface area (Å²) in [6.45, 7) is 3.85. The van der Waals surface area contributed by atoms with Crippen molar-refractivity contribution in [1.29, 1.82) is 0 Å². The van der Waals surface area contributed by atoms with Crippen molar-refractivity contribution in [2.45, 2.75) is 19.9 Å². The molecule has 0 fully saturated rings. The quantitative estimate of drug-likeness (QED) is 0.478. The molecule has 0 aliphatic rings. The molecule has 6 nitrogen and oxygen atoms in total. The Balaban J connectivity index is 1.52. The first-order valence-electron chi connectivity index (χ1n) is 10.0. The van der Waals surface area contributed by atoms with Gasteiger partial charge in [0.1, 0.15) is 11.8 Å². The van der Waals surface area contributed by atoms with Gasteiger partial charge >= 0.3 is 0 Å². The van der Waals surface area contributed by atoms with Crippen molar-refractivity contribution < 1.29 is 13.9 Å². The van der Waals surface area contributed by atoms with Crippen LogP contribution in [0.1, 0.15) is 28.6 Å². The summed E-state index contributed by atoms with van der Waals surface area (Å²) >= 11 is 0. The third-order valence-corrected chi connectivity index (χ3v) is 4.84. The number of aryl methyl sites for hydroxylation is 2. The molecule has 31 heavy (non-hydrogen) atoms. The Morgan fingerprint density at radius 2 is 1.68 bits per heavy atom. The molecule has 0 spiro atoms. The number of carbonyl (C=O) groups is 1. The van der Waals surface area contributed by atoms with Gasteiger partial charge < -0.3 is 14.5 Å². The van der Waals surface area contributed by atoms with Gasteiger partial charge in [0.15, 0.2) is 6.61 Å². The van der Waals surface area contributed by atoms with E-state index < -0.39 is 6.04 Å². The minimum Gasteiger partial charge on any atom is -0.484 e. The molecule has 1 atom stereocenters. The lowest BCUT2D eigenvalue weighted by Crippen LogP contribution is -2.33. The topological polar surface area (TPSA) is 77.2 Å². The van der Waals surface area contributed by atoms with Crippen LogP contribution in [0.5, 0.6) is 5.75 Å². The van der Waals surface area contributed by atoms with Crippen LogP contribution in [-0.4, -0.2) is 22.7 Å². The molecule has 0 saturated heterocycles. The standard InChI is InChI=1S/C25H23N3O3/c1-17-13-14-21(18(2)15-17)30-16-22(29)26-23(19-9-5-3-6-10-19)25-28-27-24(31-25)20-11-7-4-8-12-20/h3-15,23H,16H2,1-2H3,(H,26,29). The van der Waals surface area contributed by atoms with E-state index >= 15 is 0 Å². The number of hydrogen-bond acceptors (Lipinski definition) is 5. The zero-order chi connectivity index (χ0) is 21.6. The van der Waals surface area contributed by atoms with Crippen LogP contribution in [0.25, 0.3) is 11.5 Å². The molecule has 6 heteroatoms. The summed E-state index contributed by atoms with van der Waals surface area (Å²) in [5.41, 5.74) is 3.78. The third-order valence-electron chi connectivity index (χ3n) is 4.84. The van der Waals surface area contributed by atoms with E-state index in [1.807, 2.05) is 92.7 Å². The van der Waals surface area contributed by atoms with E-state index in [4.69, 9.17) is 9.15 Å². The van der Waals surface area contributed by atoms with Gasteiger partial charge in [-0.1, -0.05) is 66.2 Å². The second-order valence-corrected chi connectivity index (χ2v) is 7.28. The van der Waals surface area contributed by atoms with Gasteiger partial charge in [0.2, 0.25) is 11.8 Å². The first-order chi connectivity index (χ1) is 15.1. The summed E-state index contributed by atoms with van der Waals surface area (Å²) < 4.78 is 11.6. The number of nitrogens with one attached hydrogen (secondary N) is 1. The van der Waals surface area contributed by atoms with Crippen LogP contribution >= 0.6 is 0 Å². The van der Waals surface area contributed by atoms with Crippen molar-refractivity contribution in [2.24, 2.45) is 0 Å². The molecule has 4 aromatic rings. The average Bonchev–Trinajstić information content (AvgIpc) is 3.28. The summed E-state index contributed by atoms with van der Waals surface area (Å²) in [6.07, 6.45) is 0. The monoisotopic (exact) mass is 413 g/mol. The maximum Gasteiger partial charge on any atom is 0.258 e. The average molecular weight is 413 g/mol. The van der Waals surface area contributed by atoms with Crippen LogP contribution in [-0.2, 0) is 4.79 Å². The Morgan fingerprint density at radius 3 is 2.39 bits per heavy atom. The molecule has 1 heterocycles. The molecule has 0 aliphatic carbocycles. The fraction of sp³-hybridized carbons (Fsp3) is 0.160. The molecule has 156 valence electrons. The Morgan fingerprint density at radius 1 is 0.968 bits per heavy atom. The molecular formula is C25H23N3O3. The summed E-state index contributed by atoms with van der Waals surface area (Å²) in [7, 11) is 0. The largest absolute Gasteiger partial charge is 0.484 e. The number of rotatable bonds is 7. The lowest BCUT2D eigenvalue weighted by atomic mass is 10.1. The summed E-state index contributed by atoms with van der Waals surface area (Å²) in [5.74, 6) is 1.11. The SMILES string of the molecule is Cc1ccc(OCC(=O)NC(c2ccccc2)c2nnc(-c3ccccc3)o2)c(C)c1. The highest BCUT2D eigenvalue weighted by atomic mass is 16.5. The Hall–Kier alpha value is -3.93. The summed E-state index contributed by atoms with van der Waals surface area (Å²) in [4.78, 5) is 12.7. The van der Waals surface area contributed by atoms with Gasteiger partial charge in [0, 0.05) is 5.56 Å². The van der Waals surface area contributed by atoms with Gasteiger partial charge in [-0.2, -0.15) is 0 Å². The van der Waals surface area contributed by atoms with Crippen LogP contribution in [0.2, 0.25) is 0 Å². The molecule has 1 unspecified atom stereocenters. The number of aromatic nitrogens is 2. The van der Waals surface area contributed by atoms with Gasteiger partial charge in [-0.15, -0.1) is 10.2 Å². The third kappa shape index (κ3) is 4.98. The zero-order valence-electron chi connectivity index (χ0n) is 17.4.